The second-order valence-electron chi connectivity index (χ2n) is 7.61. The molecule has 0 spiro atoms. The lowest BCUT2D eigenvalue weighted by atomic mass is 10.0. The van der Waals surface area contributed by atoms with Crippen LogP contribution in [0.4, 0.5) is 5.69 Å². The van der Waals surface area contributed by atoms with Crippen molar-refractivity contribution in [2.75, 3.05) is 24.5 Å². The SMILES string of the molecule is O=C(c1cc2ccccc2s1)N1CCCc2cc(S(=O)(=O)N3CCCC3)ccc21. The number of hydrogen-bond donors (Lipinski definition) is 0. The Morgan fingerprint density at radius 1 is 0.931 bits per heavy atom. The molecule has 3 aromatic rings. The normalized spacial score (nSPS) is 17.6. The maximum atomic E-state index is 13.2. The minimum absolute atomic E-state index is 0.0118. The second kappa shape index (κ2) is 7.23. The molecular formula is C22H22N2O3S2. The van der Waals surface area contributed by atoms with Crippen LogP contribution in [0.5, 0.6) is 0 Å². The zero-order valence-corrected chi connectivity index (χ0v) is 17.6. The standard InChI is InChI=1S/C22H22N2O3S2/c25-22(21-15-17-6-1-2-8-20(17)28-21)24-13-5-7-16-14-18(9-10-19(16)24)29(26,27)23-11-3-4-12-23/h1-2,6,8-10,14-15H,3-5,7,11-13H2. The van der Waals surface area contributed by atoms with Crippen LogP contribution < -0.4 is 4.90 Å². The van der Waals surface area contributed by atoms with Crippen LogP contribution >= 0.6 is 11.3 Å². The minimum atomic E-state index is -3.45. The highest BCUT2D eigenvalue weighted by Gasteiger charge is 2.30. The van der Waals surface area contributed by atoms with Crippen molar-refractivity contribution in [3.63, 3.8) is 0 Å². The summed E-state index contributed by atoms with van der Waals surface area (Å²) < 4.78 is 28.5. The molecule has 0 saturated carbocycles. The van der Waals surface area contributed by atoms with E-state index < -0.39 is 10.0 Å². The Balaban J connectivity index is 1.48. The highest BCUT2D eigenvalue weighted by Crippen LogP contribution is 2.34. The van der Waals surface area contributed by atoms with Gasteiger partial charge in [-0.05, 0) is 67.0 Å². The third kappa shape index (κ3) is 3.27. The summed E-state index contributed by atoms with van der Waals surface area (Å²) in [5, 5.41) is 1.07. The summed E-state index contributed by atoms with van der Waals surface area (Å²) in [6.45, 7) is 1.84. The maximum absolute atomic E-state index is 13.2. The first-order valence-corrected chi connectivity index (χ1v) is 12.2. The van der Waals surface area contributed by atoms with Crippen molar-refractivity contribution in [3.05, 3.63) is 59.0 Å². The van der Waals surface area contributed by atoms with E-state index >= 15 is 0 Å². The Kier molecular flexibility index (Phi) is 4.69. The van der Waals surface area contributed by atoms with Crippen LogP contribution in [0.2, 0.25) is 0 Å². The van der Waals surface area contributed by atoms with Gasteiger partial charge in [-0.25, -0.2) is 8.42 Å². The number of thiophene rings is 1. The number of hydrogen-bond acceptors (Lipinski definition) is 4. The van der Waals surface area contributed by atoms with Gasteiger partial charge in [0.15, 0.2) is 0 Å². The fourth-order valence-electron chi connectivity index (χ4n) is 4.24. The summed E-state index contributed by atoms with van der Waals surface area (Å²) in [4.78, 5) is 16.1. The zero-order chi connectivity index (χ0) is 20.0. The number of benzene rings is 2. The van der Waals surface area contributed by atoms with E-state index in [1.807, 2.05) is 36.4 Å². The monoisotopic (exact) mass is 426 g/mol. The highest BCUT2D eigenvalue weighted by atomic mass is 32.2. The molecule has 1 fully saturated rings. The van der Waals surface area contributed by atoms with Gasteiger partial charge in [-0.2, -0.15) is 4.31 Å². The van der Waals surface area contributed by atoms with Gasteiger partial charge in [-0.15, -0.1) is 11.3 Å². The van der Waals surface area contributed by atoms with Gasteiger partial charge in [0.1, 0.15) is 0 Å². The first-order valence-electron chi connectivity index (χ1n) is 9.97. The van der Waals surface area contributed by atoms with Gasteiger partial charge >= 0.3 is 0 Å². The van der Waals surface area contributed by atoms with E-state index in [4.69, 9.17) is 0 Å². The van der Waals surface area contributed by atoms with E-state index in [0.29, 0.717) is 29.4 Å². The number of rotatable bonds is 3. The average Bonchev–Trinajstić information content (AvgIpc) is 3.42. The van der Waals surface area contributed by atoms with Gasteiger partial charge in [0.05, 0.1) is 9.77 Å². The Morgan fingerprint density at radius 3 is 2.52 bits per heavy atom. The molecule has 5 rings (SSSR count). The summed E-state index contributed by atoms with van der Waals surface area (Å²) >= 11 is 1.50. The summed E-state index contributed by atoms with van der Waals surface area (Å²) in [5.41, 5.74) is 1.77. The number of aryl methyl sites for hydroxylation is 1. The lowest BCUT2D eigenvalue weighted by Crippen LogP contribution is -2.35. The molecule has 0 bridgehead atoms. The second-order valence-corrected chi connectivity index (χ2v) is 10.6. The number of nitrogens with zero attached hydrogens (tertiary/aromatic N) is 2. The molecule has 3 heterocycles. The van der Waals surface area contributed by atoms with Crippen molar-refractivity contribution in [2.24, 2.45) is 0 Å². The van der Waals surface area contributed by atoms with E-state index in [1.165, 1.54) is 11.3 Å². The fourth-order valence-corrected chi connectivity index (χ4v) is 6.82. The molecule has 2 aliphatic heterocycles. The smallest absolute Gasteiger partial charge is 0.268 e. The molecule has 150 valence electrons. The Hall–Kier alpha value is -2.22. The molecule has 2 aliphatic rings. The van der Waals surface area contributed by atoms with Gasteiger partial charge in [0.2, 0.25) is 10.0 Å². The average molecular weight is 427 g/mol. The number of sulfonamides is 1. The van der Waals surface area contributed by atoms with Crippen molar-refractivity contribution in [1.29, 1.82) is 0 Å². The highest BCUT2D eigenvalue weighted by molar-refractivity contribution is 7.89. The van der Waals surface area contributed by atoms with Gasteiger partial charge in [0, 0.05) is 30.0 Å². The van der Waals surface area contributed by atoms with Crippen LogP contribution in [0.25, 0.3) is 10.1 Å². The van der Waals surface area contributed by atoms with Gasteiger partial charge in [0.25, 0.3) is 5.91 Å². The number of carbonyl (C=O) groups is 1. The molecule has 29 heavy (non-hydrogen) atoms. The van der Waals surface area contributed by atoms with E-state index in [0.717, 1.165) is 47.0 Å². The van der Waals surface area contributed by atoms with Gasteiger partial charge in [-0.1, -0.05) is 18.2 Å². The van der Waals surface area contributed by atoms with E-state index in [1.54, 1.807) is 21.3 Å². The predicted octanol–water partition coefficient (Wildman–Crippen LogP) is 4.28. The molecule has 0 N–H and O–H groups in total. The van der Waals surface area contributed by atoms with Crippen LogP contribution in [0.3, 0.4) is 0 Å². The third-order valence-corrected chi connectivity index (χ3v) is 8.75. The van der Waals surface area contributed by atoms with Crippen molar-refractivity contribution < 1.29 is 13.2 Å². The molecule has 2 aromatic carbocycles. The van der Waals surface area contributed by atoms with Gasteiger partial charge in [-0.3, -0.25) is 4.79 Å². The number of fused-ring (bicyclic) bond motifs is 2. The Bertz CT molecular complexity index is 1160. The molecule has 7 heteroatoms. The summed E-state index contributed by atoms with van der Waals surface area (Å²) in [6, 6.07) is 15.2. The Morgan fingerprint density at radius 2 is 1.72 bits per heavy atom. The topological polar surface area (TPSA) is 57.7 Å². The number of anilines is 1. The molecule has 1 amide bonds. The van der Waals surface area contributed by atoms with Gasteiger partial charge < -0.3 is 4.90 Å². The largest absolute Gasteiger partial charge is 0.307 e. The van der Waals surface area contributed by atoms with Crippen LogP contribution in [0, 0.1) is 0 Å². The molecule has 1 aromatic heterocycles. The first-order chi connectivity index (χ1) is 14.0. The Labute approximate surface area is 174 Å². The lowest BCUT2D eigenvalue weighted by Gasteiger charge is -2.30. The summed E-state index contributed by atoms with van der Waals surface area (Å²) in [5.74, 6) is -0.0118. The molecule has 5 nitrogen and oxygen atoms in total. The third-order valence-electron chi connectivity index (χ3n) is 5.75. The van der Waals surface area contributed by atoms with Crippen LogP contribution in [0.15, 0.2) is 53.4 Å². The summed E-state index contributed by atoms with van der Waals surface area (Å²) in [6.07, 6.45) is 3.45. The van der Waals surface area contributed by atoms with Crippen molar-refractivity contribution in [3.8, 4) is 0 Å². The first kappa shape index (κ1) is 18.8. The van der Waals surface area contributed by atoms with Crippen molar-refractivity contribution >= 4 is 43.0 Å². The van der Waals surface area contributed by atoms with E-state index in [9.17, 15) is 13.2 Å². The zero-order valence-electron chi connectivity index (χ0n) is 16.0. The van der Waals surface area contributed by atoms with Crippen LogP contribution in [-0.2, 0) is 16.4 Å². The maximum Gasteiger partial charge on any atom is 0.268 e. The molecule has 0 unspecified atom stereocenters. The van der Waals surface area contributed by atoms with E-state index in [-0.39, 0.29) is 5.91 Å². The molecule has 0 atom stereocenters. The summed E-state index contributed by atoms with van der Waals surface area (Å²) in [7, 11) is -3.45. The lowest BCUT2D eigenvalue weighted by molar-refractivity contribution is 0.0989. The van der Waals surface area contributed by atoms with Crippen molar-refractivity contribution in [1.82, 2.24) is 4.31 Å². The predicted molar refractivity (Wildman–Crippen MR) is 116 cm³/mol. The number of carbonyl (C=O) groups excluding carboxylic acids is 1. The van der Waals surface area contributed by atoms with E-state index in [2.05, 4.69) is 0 Å². The van der Waals surface area contributed by atoms with Crippen LogP contribution in [-0.4, -0.2) is 38.3 Å². The molecule has 0 aliphatic carbocycles. The molecular weight excluding hydrogens is 404 g/mol. The number of amides is 1. The fraction of sp³-hybridized carbons (Fsp3) is 0.318. The quantitative estimate of drug-likeness (QED) is 0.628. The molecule has 0 radical (unpaired) electrons. The van der Waals surface area contributed by atoms with Crippen LogP contribution in [0.1, 0.15) is 34.5 Å². The minimum Gasteiger partial charge on any atom is -0.307 e. The van der Waals surface area contributed by atoms with Crippen molar-refractivity contribution in [2.45, 2.75) is 30.6 Å². The molecule has 1 saturated heterocycles.